The zero-order valence-electron chi connectivity index (χ0n) is 20.9. The second-order valence-corrected chi connectivity index (χ2v) is 8.56. The van der Waals surface area contributed by atoms with E-state index in [-0.39, 0.29) is 11.3 Å². The van der Waals surface area contributed by atoms with Crippen LogP contribution in [-0.4, -0.2) is 36.6 Å². The molecule has 3 aromatic carbocycles. The lowest BCUT2D eigenvalue weighted by Crippen LogP contribution is -2.29. The minimum absolute atomic E-state index is 0.0344. The van der Waals surface area contributed by atoms with E-state index in [9.17, 15) is 14.7 Å². The lowest BCUT2D eigenvalue weighted by Gasteiger charge is -2.26. The molecule has 0 radical (unpaired) electrons. The summed E-state index contributed by atoms with van der Waals surface area (Å²) in [5.74, 6) is -0.526. The average Bonchev–Trinajstić information content (AvgIpc) is 3.17. The van der Waals surface area contributed by atoms with Crippen LogP contribution in [0.3, 0.4) is 0 Å². The summed E-state index contributed by atoms with van der Waals surface area (Å²) in [5.41, 5.74) is 1.38. The molecule has 7 nitrogen and oxygen atoms in total. The molecule has 8 heteroatoms. The van der Waals surface area contributed by atoms with Gasteiger partial charge in [-0.3, -0.25) is 14.5 Å². The van der Waals surface area contributed by atoms with Gasteiger partial charge >= 0.3 is 0 Å². The number of carbonyl (C=O) groups excluding carboxylic acids is 2. The number of ether oxygens (including phenoxy) is 3. The van der Waals surface area contributed by atoms with E-state index >= 15 is 0 Å². The van der Waals surface area contributed by atoms with Crippen molar-refractivity contribution in [2.45, 2.75) is 26.8 Å². The van der Waals surface area contributed by atoms with Crippen molar-refractivity contribution in [2.75, 3.05) is 24.7 Å². The molecule has 37 heavy (non-hydrogen) atoms. The smallest absolute Gasteiger partial charge is 0.300 e. The van der Waals surface area contributed by atoms with Crippen LogP contribution < -0.4 is 19.1 Å². The predicted octanol–water partition coefficient (Wildman–Crippen LogP) is 6.16. The first kappa shape index (κ1) is 26.1. The van der Waals surface area contributed by atoms with Crippen molar-refractivity contribution in [3.05, 3.63) is 88.5 Å². The molecule has 1 fully saturated rings. The first-order valence-corrected chi connectivity index (χ1v) is 12.5. The summed E-state index contributed by atoms with van der Waals surface area (Å²) in [4.78, 5) is 28.3. The Morgan fingerprint density at radius 3 is 2.16 bits per heavy atom. The van der Waals surface area contributed by atoms with Gasteiger partial charge in [0.05, 0.1) is 36.5 Å². The second-order valence-electron chi connectivity index (χ2n) is 8.16. The molecule has 0 saturated carbocycles. The number of ketones is 1. The molecule has 1 heterocycles. The largest absolute Gasteiger partial charge is 0.507 e. The molecule has 0 aromatic heterocycles. The molecule has 4 rings (SSSR count). The van der Waals surface area contributed by atoms with Gasteiger partial charge in [0.2, 0.25) is 0 Å². The van der Waals surface area contributed by atoms with Gasteiger partial charge in [-0.2, -0.15) is 0 Å². The number of hydrogen-bond donors (Lipinski definition) is 1. The number of anilines is 1. The quantitative estimate of drug-likeness (QED) is 0.206. The van der Waals surface area contributed by atoms with E-state index in [0.29, 0.717) is 58.9 Å². The molecule has 1 aliphatic rings. The Balaban J connectivity index is 1.90. The van der Waals surface area contributed by atoms with Crippen LogP contribution in [0.1, 0.15) is 37.9 Å². The van der Waals surface area contributed by atoms with E-state index in [1.807, 2.05) is 51.1 Å². The van der Waals surface area contributed by atoms with Crippen LogP contribution in [0.15, 0.2) is 72.3 Å². The number of nitrogens with zero attached hydrogens (tertiary/aromatic N) is 1. The van der Waals surface area contributed by atoms with Gasteiger partial charge in [-0.15, -0.1) is 0 Å². The highest BCUT2D eigenvalue weighted by Crippen LogP contribution is 2.44. The summed E-state index contributed by atoms with van der Waals surface area (Å²) in [6.07, 6.45) is 0. The summed E-state index contributed by atoms with van der Waals surface area (Å²) in [5, 5.41) is 11.7. The Kier molecular flexibility index (Phi) is 8.04. The zero-order chi connectivity index (χ0) is 26.5. The van der Waals surface area contributed by atoms with Crippen molar-refractivity contribution in [3.8, 4) is 17.2 Å². The zero-order valence-corrected chi connectivity index (χ0v) is 21.6. The molecule has 192 valence electrons. The van der Waals surface area contributed by atoms with E-state index in [2.05, 4.69) is 0 Å². The number of amides is 1. The molecular weight excluding hydrogens is 494 g/mol. The van der Waals surface area contributed by atoms with Crippen LogP contribution in [0.25, 0.3) is 5.76 Å². The number of aliphatic hydroxyl groups excluding tert-OH is 1. The topological polar surface area (TPSA) is 85.3 Å². The van der Waals surface area contributed by atoms with Crippen LogP contribution >= 0.6 is 11.6 Å². The third-order valence-electron chi connectivity index (χ3n) is 5.87. The monoisotopic (exact) mass is 521 g/mol. The summed E-state index contributed by atoms with van der Waals surface area (Å²) in [6.45, 7) is 6.74. The van der Waals surface area contributed by atoms with Crippen LogP contribution in [-0.2, 0) is 9.59 Å². The fourth-order valence-electron chi connectivity index (χ4n) is 4.31. The minimum Gasteiger partial charge on any atom is -0.507 e. The van der Waals surface area contributed by atoms with Crippen molar-refractivity contribution in [3.63, 3.8) is 0 Å². The van der Waals surface area contributed by atoms with Crippen molar-refractivity contribution in [1.82, 2.24) is 0 Å². The van der Waals surface area contributed by atoms with E-state index in [0.717, 1.165) is 0 Å². The maximum absolute atomic E-state index is 13.5. The molecule has 1 unspecified atom stereocenters. The molecule has 0 aliphatic carbocycles. The molecule has 1 aliphatic heterocycles. The average molecular weight is 522 g/mol. The van der Waals surface area contributed by atoms with Crippen LogP contribution in [0.4, 0.5) is 5.69 Å². The maximum Gasteiger partial charge on any atom is 0.300 e. The van der Waals surface area contributed by atoms with Gasteiger partial charge in [-0.1, -0.05) is 41.9 Å². The second kappa shape index (κ2) is 11.4. The summed E-state index contributed by atoms with van der Waals surface area (Å²) in [6, 6.07) is 18.0. The van der Waals surface area contributed by atoms with Gasteiger partial charge in [0.1, 0.15) is 11.5 Å². The number of aliphatic hydroxyl groups is 1. The molecule has 1 atom stereocenters. The van der Waals surface area contributed by atoms with E-state index < -0.39 is 17.7 Å². The maximum atomic E-state index is 13.5. The molecule has 1 N–H and O–H groups in total. The van der Waals surface area contributed by atoms with E-state index in [4.69, 9.17) is 25.8 Å². The van der Waals surface area contributed by atoms with Gasteiger partial charge in [0.15, 0.2) is 11.5 Å². The normalized spacial score (nSPS) is 16.6. The number of Topliss-reactive ketones (excluding diaryl/α,β-unsaturated/α-hetero) is 1. The number of carbonyl (C=O) groups is 2. The van der Waals surface area contributed by atoms with E-state index in [1.165, 1.54) is 4.90 Å². The number of hydrogen-bond acceptors (Lipinski definition) is 6. The fraction of sp³-hybridized carbons (Fsp3) is 0.241. The van der Waals surface area contributed by atoms with Crippen LogP contribution in [0.5, 0.6) is 17.2 Å². The summed E-state index contributed by atoms with van der Waals surface area (Å²) >= 11 is 6.22. The lowest BCUT2D eigenvalue weighted by molar-refractivity contribution is -0.132. The first-order valence-electron chi connectivity index (χ1n) is 12.1. The van der Waals surface area contributed by atoms with Crippen molar-refractivity contribution in [2.24, 2.45) is 0 Å². The van der Waals surface area contributed by atoms with Gasteiger partial charge in [0.25, 0.3) is 11.7 Å². The Bertz CT molecular complexity index is 1340. The van der Waals surface area contributed by atoms with Crippen molar-refractivity contribution >= 4 is 34.7 Å². The SMILES string of the molecule is CCOc1cc(/C(O)=C2\C(=O)C(=O)N(c3ccc(OCC)c(OCC)c3)C2c2ccccc2)ccc1Cl. The van der Waals surface area contributed by atoms with Gasteiger partial charge in [-0.05, 0) is 56.7 Å². The summed E-state index contributed by atoms with van der Waals surface area (Å²) < 4.78 is 17.0. The fourth-order valence-corrected chi connectivity index (χ4v) is 4.48. The number of rotatable bonds is 9. The Labute approximate surface area is 220 Å². The van der Waals surface area contributed by atoms with Gasteiger partial charge < -0.3 is 19.3 Å². The molecule has 1 amide bonds. The standard InChI is InChI=1S/C29H28ClNO6/c1-4-35-22-15-13-20(17-24(22)37-6-3)31-26(18-10-8-7-9-11-18)25(28(33)29(31)34)27(32)19-12-14-21(30)23(16-19)36-5-2/h7-17,26,32H,4-6H2,1-3H3/b27-25+. The molecular formula is C29H28ClNO6. The highest BCUT2D eigenvalue weighted by molar-refractivity contribution is 6.51. The first-order chi connectivity index (χ1) is 17.9. The molecule has 1 saturated heterocycles. The van der Waals surface area contributed by atoms with Gasteiger partial charge in [-0.25, -0.2) is 0 Å². The van der Waals surface area contributed by atoms with Crippen LogP contribution in [0, 0.1) is 0 Å². The van der Waals surface area contributed by atoms with E-state index in [1.54, 1.807) is 36.4 Å². The third-order valence-corrected chi connectivity index (χ3v) is 6.18. The van der Waals surface area contributed by atoms with Gasteiger partial charge in [0, 0.05) is 17.3 Å². The number of benzene rings is 3. The number of halogens is 1. The molecule has 0 bridgehead atoms. The Morgan fingerprint density at radius 2 is 1.49 bits per heavy atom. The molecule has 0 spiro atoms. The van der Waals surface area contributed by atoms with Crippen molar-refractivity contribution < 1.29 is 28.9 Å². The van der Waals surface area contributed by atoms with Crippen molar-refractivity contribution in [1.29, 1.82) is 0 Å². The Morgan fingerprint density at radius 1 is 0.838 bits per heavy atom. The summed E-state index contributed by atoms with van der Waals surface area (Å²) in [7, 11) is 0. The Hall–Kier alpha value is -3.97. The minimum atomic E-state index is -0.875. The highest BCUT2D eigenvalue weighted by atomic mass is 35.5. The third kappa shape index (κ3) is 5.13. The lowest BCUT2D eigenvalue weighted by atomic mass is 9.95. The predicted molar refractivity (Wildman–Crippen MR) is 143 cm³/mol. The molecule has 3 aromatic rings. The highest BCUT2D eigenvalue weighted by Gasteiger charge is 2.47. The van der Waals surface area contributed by atoms with Crippen LogP contribution in [0.2, 0.25) is 5.02 Å².